The van der Waals surface area contributed by atoms with Gasteiger partial charge in [0.25, 0.3) is 5.91 Å². The molecule has 0 bridgehead atoms. The number of esters is 1. The molecular weight excluding hydrogens is 373 g/mol. The number of anilines is 1. The lowest BCUT2D eigenvalue weighted by Crippen LogP contribution is -3.14. The highest BCUT2D eigenvalue weighted by molar-refractivity contribution is 6.33. The molecule has 1 fully saturated rings. The molecule has 1 amide bonds. The van der Waals surface area contributed by atoms with Gasteiger partial charge in [0.15, 0.2) is 6.54 Å². The van der Waals surface area contributed by atoms with Crippen molar-refractivity contribution in [3.63, 3.8) is 0 Å². The molecule has 1 aliphatic heterocycles. The van der Waals surface area contributed by atoms with Crippen molar-refractivity contribution < 1.29 is 32.4 Å². The number of benzene rings is 1. The molecule has 1 aromatic carbocycles. The molecule has 0 unspecified atom stereocenters. The number of rotatable bonds is 5. The van der Waals surface area contributed by atoms with Crippen molar-refractivity contribution in [3.05, 3.63) is 28.8 Å². The predicted octanol–water partition coefficient (Wildman–Crippen LogP) is 2.16. The molecule has 1 aromatic rings. The van der Waals surface area contributed by atoms with Crippen LogP contribution < -0.4 is 10.2 Å². The number of likely N-dealkylation sites (tertiary alicyclic amines) is 1. The van der Waals surface area contributed by atoms with E-state index >= 15 is 0 Å². The topological polar surface area (TPSA) is 59.8 Å². The summed E-state index contributed by atoms with van der Waals surface area (Å²) in [4.78, 5) is 24.8. The minimum Gasteiger partial charge on any atom is -0.466 e. The highest BCUT2D eigenvalue weighted by Gasteiger charge is 2.32. The molecule has 5 nitrogen and oxygen atoms in total. The summed E-state index contributed by atoms with van der Waals surface area (Å²) >= 11 is 5.88. The van der Waals surface area contributed by atoms with Gasteiger partial charge < -0.3 is 15.0 Å². The summed E-state index contributed by atoms with van der Waals surface area (Å²) < 4.78 is 43.3. The van der Waals surface area contributed by atoms with Crippen LogP contribution in [0, 0.1) is 5.92 Å². The standard InChI is InChI=1S/C17H20ClF3N2O3/c1-2-26-16(25)11-5-7-23(8-6-11)10-15(24)22-14-9-12(17(19,20)21)3-4-13(14)18/h3-4,9,11H,2,5-8,10H2,1H3,(H,22,24)/p+1. The van der Waals surface area contributed by atoms with Crippen LogP contribution in [0.4, 0.5) is 18.9 Å². The Bertz CT molecular complexity index is 659. The quantitative estimate of drug-likeness (QED) is 0.754. The lowest BCUT2D eigenvalue weighted by molar-refractivity contribution is -0.897. The Balaban J connectivity index is 1.89. The van der Waals surface area contributed by atoms with E-state index in [-0.39, 0.29) is 29.1 Å². The smallest absolute Gasteiger partial charge is 0.416 e. The third kappa shape index (κ3) is 5.60. The number of piperidine rings is 1. The van der Waals surface area contributed by atoms with Crippen LogP contribution in [0.3, 0.4) is 0 Å². The molecule has 2 rings (SSSR count). The van der Waals surface area contributed by atoms with Gasteiger partial charge >= 0.3 is 12.1 Å². The van der Waals surface area contributed by atoms with Crippen molar-refractivity contribution in [2.75, 3.05) is 31.6 Å². The van der Waals surface area contributed by atoms with Gasteiger partial charge in [-0.05, 0) is 25.1 Å². The lowest BCUT2D eigenvalue weighted by Gasteiger charge is -2.27. The van der Waals surface area contributed by atoms with Crippen LogP contribution in [0.2, 0.25) is 5.02 Å². The lowest BCUT2D eigenvalue weighted by atomic mass is 9.97. The number of carbonyl (C=O) groups is 2. The zero-order valence-corrected chi connectivity index (χ0v) is 15.0. The fourth-order valence-electron chi connectivity index (χ4n) is 2.92. The van der Waals surface area contributed by atoms with Crippen LogP contribution in [0.15, 0.2) is 18.2 Å². The minimum absolute atomic E-state index is 0.0439. The van der Waals surface area contributed by atoms with Crippen LogP contribution >= 0.6 is 11.6 Å². The van der Waals surface area contributed by atoms with Gasteiger partial charge in [-0.2, -0.15) is 13.2 Å². The molecule has 0 aromatic heterocycles. The van der Waals surface area contributed by atoms with Gasteiger partial charge in [0.1, 0.15) is 0 Å². The third-order valence-corrected chi connectivity index (χ3v) is 4.62. The van der Waals surface area contributed by atoms with Crippen LogP contribution in [-0.2, 0) is 20.5 Å². The average Bonchev–Trinajstić information content (AvgIpc) is 2.56. The highest BCUT2D eigenvalue weighted by Crippen LogP contribution is 2.33. The van der Waals surface area contributed by atoms with E-state index in [0.29, 0.717) is 32.5 Å². The highest BCUT2D eigenvalue weighted by atomic mass is 35.5. The first-order valence-corrected chi connectivity index (χ1v) is 8.75. The average molecular weight is 394 g/mol. The van der Waals surface area contributed by atoms with Crippen molar-refractivity contribution in [3.8, 4) is 0 Å². The Labute approximate surface area is 154 Å². The molecule has 0 aliphatic carbocycles. The van der Waals surface area contributed by atoms with Gasteiger partial charge in [-0.1, -0.05) is 11.6 Å². The maximum atomic E-state index is 12.8. The monoisotopic (exact) mass is 393 g/mol. The summed E-state index contributed by atoms with van der Waals surface area (Å²) in [6.07, 6.45) is -3.28. The number of alkyl halides is 3. The Kier molecular flexibility index (Phi) is 6.88. The number of quaternary nitrogens is 1. The maximum absolute atomic E-state index is 12.8. The normalized spacial score (nSPS) is 20.5. The summed E-state index contributed by atoms with van der Waals surface area (Å²) in [5, 5.41) is 2.48. The Morgan fingerprint density at radius 1 is 1.31 bits per heavy atom. The van der Waals surface area contributed by atoms with Crippen LogP contribution in [0.25, 0.3) is 0 Å². The van der Waals surface area contributed by atoms with Crippen molar-refractivity contribution in [2.45, 2.75) is 25.9 Å². The van der Waals surface area contributed by atoms with Gasteiger partial charge in [0, 0.05) is 12.8 Å². The number of carbonyl (C=O) groups excluding carboxylic acids is 2. The maximum Gasteiger partial charge on any atom is 0.416 e. The molecule has 0 saturated carbocycles. The van der Waals surface area contributed by atoms with Crippen LogP contribution in [0.5, 0.6) is 0 Å². The Hall–Kier alpha value is -1.80. The van der Waals surface area contributed by atoms with Gasteiger partial charge in [0.2, 0.25) is 0 Å². The zero-order valence-electron chi connectivity index (χ0n) is 14.3. The second kappa shape index (κ2) is 8.73. The second-order valence-electron chi connectivity index (χ2n) is 6.19. The van der Waals surface area contributed by atoms with Gasteiger partial charge in [0.05, 0.1) is 41.9 Å². The number of hydrogen-bond donors (Lipinski definition) is 2. The molecule has 144 valence electrons. The van der Waals surface area contributed by atoms with Crippen LogP contribution in [-0.4, -0.2) is 38.1 Å². The number of ether oxygens (including phenoxy) is 1. The summed E-state index contributed by atoms with van der Waals surface area (Å²) in [7, 11) is 0. The fourth-order valence-corrected chi connectivity index (χ4v) is 3.08. The van der Waals surface area contributed by atoms with Crippen molar-refractivity contribution in [2.24, 2.45) is 5.92 Å². The van der Waals surface area contributed by atoms with E-state index in [2.05, 4.69) is 5.32 Å². The van der Waals surface area contributed by atoms with E-state index in [1.165, 1.54) is 0 Å². The number of nitrogens with one attached hydrogen (secondary N) is 2. The molecule has 1 aliphatic rings. The summed E-state index contributed by atoms with van der Waals surface area (Å²) in [6.45, 7) is 3.43. The number of amides is 1. The molecule has 26 heavy (non-hydrogen) atoms. The molecule has 0 radical (unpaired) electrons. The zero-order chi connectivity index (χ0) is 19.3. The van der Waals surface area contributed by atoms with Gasteiger partial charge in [-0.3, -0.25) is 9.59 Å². The molecule has 9 heteroatoms. The van der Waals surface area contributed by atoms with Gasteiger partial charge in [-0.25, -0.2) is 0 Å². The largest absolute Gasteiger partial charge is 0.466 e. The summed E-state index contributed by atoms with van der Waals surface area (Å²) in [5.74, 6) is -0.790. The molecular formula is C17H21ClF3N2O3+. The van der Waals surface area contributed by atoms with E-state index in [1.54, 1.807) is 6.92 Å². The minimum atomic E-state index is -4.51. The molecule has 2 N–H and O–H groups in total. The fraction of sp³-hybridized carbons (Fsp3) is 0.529. The van der Waals surface area contributed by atoms with E-state index in [4.69, 9.17) is 16.3 Å². The van der Waals surface area contributed by atoms with E-state index in [9.17, 15) is 22.8 Å². The number of hydrogen-bond acceptors (Lipinski definition) is 3. The third-order valence-electron chi connectivity index (χ3n) is 4.29. The Morgan fingerprint density at radius 2 is 1.96 bits per heavy atom. The Morgan fingerprint density at radius 3 is 2.54 bits per heavy atom. The SMILES string of the molecule is CCOC(=O)C1CC[NH+](CC(=O)Nc2cc(C(F)(F)F)ccc2Cl)CC1. The summed E-state index contributed by atoms with van der Waals surface area (Å²) in [6, 6.07) is 2.80. The van der Waals surface area contributed by atoms with Crippen molar-refractivity contribution in [1.29, 1.82) is 0 Å². The first-order chi connectivity index (χ1) is 12.2. The molecule has 1 heterocycles. The first-order valence-electron chi connectivity index (χ1n) is 8.37. The van der Waals surface area contributed by atoms with E-state index in [1.807, 2.05) is 0 Å². The van der Waals surface area contributed by atoms with Crippen molar-refractivity contribution in [1.82, 2.24) is 0 Å². The summed E-state index contributed by atoms with van der Waals surface area (Å²) in [5.41, 5.74) is -0.938. The molecule has 1 saturated heterocycles. The predicted molar refractivity (Wildman–Crippen MR) is 90.0 cm³/mol. The van der Waals surface area contributed by atoms with Crippen LogP contribution in [0.1, 0.15) is 25.3 Å². The molecule has 0 atom stereocenters. The first kappa shape index (κ1) is 20.5. The molecule has 0 spiro atoms. The van der Waals surface area contributed by atoms with E-state index < -0.39 is 17.6 Å². The van der Waals surface area contributed by atoms with Gasteiger partial charge in [-0.15, -0.1) is 0 Å². The number of halogens is 4. The van der Waals surface area contributed by atoms with E-state index in [0.717, 1.165) is 23.1 Å². The second-order valence-corrected chi connectivity index (χ2v) is 6.60. The van der Waals surface area contributed by atoms with Crippen molar-refractivity contribution >= 4 is 29.2 Å².